The van der Waals surface area contributed by atoms with Gasteiger partial charge in [-0.3, -0.25) is 9.05 Å². The van der Waals surface area contributed by atoms with Gasteiger partial charge in [-0.05, 0) is 6.42 Å². The molecule has 0 amide bonds. The average molecular weight is 497 g/mol. The van der Waals surface area contributed by atoms with Crippen LogP contribution in [0.1, 0.15) is 96.8 Å². The van der Waals surface area contributed by atoms with Gasteiger partial charge in [-0.1, -0.05) is 90.4 Å². The minimum absolute atomic E-state index is 0.0249. The smallest absolute Gasteiger partial charge is 0.379 e. The first-order valence-corrected chi connectivity index (χ1v) is 14.8. The molecule has 1 unspecified atom stereocenters. The largest absolute Gasteiger partial charge is 0.472 e. The summed E-state index contributed by atoms with van der Waals surface area (Å²) >= 11 is 0. The van der Waals surface area contributed by atoms with E-state index in [1.807, 2.05) is 21.1 Å². The van der Waals surface area contributed by atoms with Crippen molar-refractivity contribution in [1.82, 2.24) is 0 Å². The Morgan fingerprint density at radius 3 is 1.45 bits per heavy atom. The topological polar surface area (TPSA) is 74.2 Å². The summed E-state index contributed by atoms with van der Waals surface area (Å²) < 4.78 is 33.2. The molecule has 33 heavy (non-hydrogen) atoms. The van der Waals surface area contributed by atoms with E-state index in [0.29, 0.717) is 24.2 Å². The predicted octanol–water partition coefficient (Wildman–Crippen LogP) is 6.34. The van der Waals surface area contributed by atoms with Crippen LogP contribution in [-0.4, -0.2) is 76.7 Å². The average Bonchev–Trinajstić information content (AvgIpc) is 2.73. The van der Waals surface area contributed by atoms with Crippen molar-refractivity contribution < 1.29 is 32.5 Å². The maximum absolute atomic E-state index is 11.7. The van der Waals surface area contributed by atoms with Crippen molar-refractivity contribution in [3.63, 3.8) is 0 Å². The van der Waals surface area contributed by atoms with Gasteiger partial charge in [-0.15, -0.1) is 0 Å². The third-order valence-corrected chi connectivity index (χ3v) is 6.53. The summed E-state index contributed by atoms with van der Waals surface area (Å²) in [5, 5.41) is 0. The van der Waals surface area contributed by atoms with Gasteiger partial charge in [0.05, 0.1) is 47.6 Å². The van der Waals surface area contributed by atoms with E-state index in [4.69, 9.17) is 18.5 Å². The van der Waals surface area contributed by atoms with E-state index < -0.39 is 7.82 Å². The first-order chi connectivity index (χ1) is 15.8. The fourth-order valence-corrected chi connectivity index (χ4v) is 4.09. The van der Waals surface area contributed by atoms with E-state index >= 15 is 0 Å². The van der Waals surface area contributed by atoms with Crippen LogP contribution in [0.5, 0.6) is 0 Å². The van der Waals surface area contributed by atoms with Crippen LogP contribution in [-0.2, 0) is 23.1 Å². The molecule has 0 fully saturated rings. The van der Waals surface area contributed by atoms with Gasteiger partial charge in [-0.25, -0.2) is 4.57 Å². The molecule has 0 spiro atoms. The van der Waals surface area contributed by atoms with Gasteiger partial charge < -0.3 is 18.9 Å². The minimum atomic E-state index is -3.99. The number of unbranched alkanes of at least 4 members (excludes halogenated alkanes) is 13. The van der Waals surface area contributed by atoms with Gasteiger partial charge >= 0.3 is 7.82 Å². The molecule has 8 heteroatoms. The van der Waals surface area contributed by atoms with E-state index in [9.17, 15) is 9.46 Å². The minimum Gasteiger partial charge on any atom is -0.379 e. The van der Waals surface area contributed by atoms with Crippen LogP contribution in [0.2, 0.25) is 0 Å². The van der Waals surface area contributed by atoms with Gasteiger partial charge in [0, 0.05) is 6.61 Å². The second-order valence-corrected chi connectivity index (χ2v) is 11.4. The van der Waals surface area contributed by atoms with Crippen LogP contribution in [0.3, 0.4) is 0 Å². The van der Waals surface area contributed by atoms with Gasteiger partial charge in [-0.2, -0.15) is 0 Å². The van der Waals surface area contributed by atoms with E-state index in [-0.39, 0.29) is 19.8 Å². The zero-order chi connectivity index (χ0) is 24.7. The van der Waals surface area contributed by atoms with E-state index in [1.165, 1.54) is 83.5 Å². The molecule has 1 N–H and O–H groups in total. The Bertz CT molecular complexity index is 459. The van der Waals surface area contributed by atoms with Crippen LogP contribution in [0.15, 0.2) is 0 Å². The standard InChI is InChI=1S/C25H54NO6P/c1-5-6-7-8-9-10-11-12-13-14-15-16-17-18-20-29-22-23-30-24-25-32-33(27,28)31-21-19-26(2,3)4/h5-25H2,1-4H3/p+1. The fourth-order valence-electron chi connectivity index (χ4n) is 3.40. The number of phosphoric ester groups is 1. The molecule has 0 bridgehead atoms. The van der Waals surface area contributed by atoms with E-state index in [1.54, 1.807) is 0 Å². The molecule has 1 atom stereocenters. The summed E-state index contributed by atoms with van der Waals surface area (Å²) in [6, 6.07) is 0. The van der Waals surface area contributed by atoms with Crippen LogP contribution in [0.4, 0.5) is 0 Å². The molecule has 200 valence electrons. The van der Waals surface area contributed by atoms with Crippen molar-refractivity contribution >= 4 is 7.82 Å². The lowest BCUT2D eigenvalue weighted by Gasteiger charge is -2.24. The maximum atomic E-state index is 11.7. The third kappa shape index (κ3) is 28.1. The highest BCUT2D eigenvalue weighted by molar-refractivity contribution is 7.47. The highest BCUT2D eigenvalue weighted by Crippen LogP contribution is 2.42. The normalized spacial score (nSPS) is 14.0. The molecular weight excluding hydrogens is 441 g/mol. The van der Waals surface area contributed by atoms with Crippen molar-refractivity contribution in [2.45, 2.75) is 96.8 Å². The first-order valence-electron chi connectivity index (χ1n) is 13.3. The molecule has 0 aromatic heterocycles. The Balaban J connectivity index is 3.23. The summed E-state index contributed by atoms with van der Waals surface area (Å²) in [6.45, 7) is 5.10. The quantitative estimate of drug-likeness (QED) is 0.0855. The molecule has 0 aliphatic carbocycles. The van der Waals surface area contributed by atoms with Crippen molar-refractivity contribution in [2.75, 3.05) is 67.3 Å². The van der Waals surface area contributed by atoms with Gasteiger partial charge in [0.1, 0.15) is 13.2 Å². The van der Waals surface area contributed by atoms with Crippen molar-refractivity contribution in [3.05, 3.63) is 0 Å². The van der Waals surface area contributed by atoms with Crippen LogP contribution in [0, 0.1) is 0 Å². The molecule has 0 rings (SSSR count). The Labute approximate surface area is 204 Å². The number of nitrogens with zero attached hydrogens (tertiary/aromatic N) is 1. The van der Waals surface area contributed by atoms with Crippen molar-refractivity contribution in [1.29, 1.82) is 0 Å². The third-order valence-electron chi connectivity index (χ3n) is 5.51. The van der Waals surface area contributed by atoms with Crippen molar-refractivity contribution in [2.24, 2.45) is 0 Å². The predicted molar refractivity (Wildman–Crippen MR) is 137 cm³/mol. The molecule has 0 aliphatic rings. The second kappa shape index (κ2) is 22.5. The molecule has 7 nitrogen and oxygen atoms in total. The molecule has 0 aromatic carbocycles. The zero-order valence-corrected chi connectivity index (χ0v) is 23.1. The molecule has 0 saturated carbocycles. The lowest BCUT2D eigenvalue weighted by Crippen LogP contribution is -2.37. The zero-order valence-electron chi connectivity index (χ0n) is 22.2. The summed E-state index contributed by atoms with van der Waals surface area (Å²) in [6.07, 6.45) is 19.0. The van der Waals surface area contributed by atoms with Crippen LogP contribution in [0.25, 0.3) is 0 Å². The molecule has 0 aliphatic heterocycles. The summed E-state index contributed by atoms with van der Waals surface area (Å²) in [7, 11) is 1.97. The number of phosphoric acid groups is 1. The highest BCUT2D eigenvalue weighted by atomic mass is 31.2. The highest BCUT2D eigenvalue weighted by Gasteiger charge is 2.22. The Hall–Kier alpha value is -0.0100. The molecular formula is C25H55NO6P+. The Morgan fingerprint density at radius 2 is 0.970 bits per heavy atom. The van der Waals surface area contributed by atoms with E-state index in [0.717, 1.165) is 13.0 Å². The van der Waals surface area contributed by atoms with Gasteiger partial charge in [0.2, 0.25) is 0 Å². The van der Waals surface area contributed by atoms with E-state index in [2.05, 4.69) is 6.92 Å². The number of likely N-dealkylation sites (N-methyl/N-ethyl adjacent to an activating group) is 1. The first kappa shape index (κ1) is 33.0. The summed E-state index contributed by atoms with van der Waals surface area (Å²) in [5.74, 6) is 0. The lowest BCUT2D eigenvalue weighted by molar-refractivity contribution is -0.870. The van der Waals surface area contributed by atoms with Gasteiger partial charge in [0.25, 0.3) is 0 Å². The second-order valence-electron chi connectivity index (χ2n) is 9.97. The van der Waals surface area contributed by atoms with Crippen LogP contribution < -0.4 is 0 Å². The fraction of sp³-hybridized carbons (Fsp3) is 1.00. The summed E-state index contributed by atoms with van der Waals surface area (Å²) in [5.41, 5.74) is 0. The number of hydrogen-bond donors (Lipinski definition) is 1. The number of rotatable bonds is 26. The Kier molecular flexibility index (Phi) is 22.4. The summed E-state index contributed by atoms with van der Waals surface area (Å²) in [4.78, 5) is 9.59. The van der Waals surface area contributed by atoms with Crippen LogP contribution >= 0.6 is 7.82 Å². The van der Waals surface area contributed by atoms with Gasteiger partial charge in [0.15, 0.2) is 0 Å². The van der Waals surface area contributed by atoms with Crippen molar-refractivity contribution in [3.8, 4) is 0 Å². The number of hydrogen-bond acceptors (Lipinski definition) is 5. The Morgan fingerprint density at radius 1 is 0.576 bits per heavy atom. The lowest BCUT2D eigenvalue weighted by atomic mass is 10.0. The number of quaternary nitrogens is 1. The molecule has 0 aromatic rings. The SMILES string of the molecule is CCCCCCCCCCCCCCCCOCCOCCOP(=O)(O)OCC[N+](C)(C)C. The maximum Gasteiger partial charge on any atom is 0.472 e. The molecule has 0 radical (unpaired) electrons. The number of ether oxygens (including phenoxy) is 2. The monoisotopic (exact) mass is 496 g/mol. The molecule has 0 heterocycles. The molecule has 0 saturated heterocycles.